The van der Waals surface area contributed by atoms with Gasteiger partial charge in [-0.15, -0.1) is 0 Å². The topological polar surface area (TPSA) is 67.2 Å². The quantitative estimate of drug-likeness (QED) is 0.352. The molecule has 2 heterocycles. The van der Waals surface area contributed by atoms with E-state index < -0.39 is 0 Å². The van der Waals surface area contributed by atoms with Gasteiger partial charge in [-0.25, -0.2) is 0 Å². The van der Waals surface area contributed by atoms with Crippen LogP contribution in [0.2, 0.25) is 0 Å². The number of nitrogens with zero attached hydrogens (tertiary/aromatic N) is 3. The summed E-state index contributed by atoms with van der Waals surface area (Å²) < 4.78 is 11.0. The summed E-state index contributed by atoms with van der Waals surface area (Å²) in [7, 11) is 0. The molecule has 0 N–H and O–H groups in total. The van der Waals surface area contributed by atoms with Crippen LogP contribution in [0.4, 0.5) is 0 Å². The van der Waals surface area contributed by atoms with Crippen LogP contribution in [-0.2, 0) is 9.47 Å². The standard InChI is InChI=1S/C8H13N3O2/c1-4-5(2)7(10-11-9)8-12-3-6(4)13-8/h4-8H,3H2,1-2H3/t4-,5?,6?,7-,8+/m0/s1. The normalized spacial score (nSPS) is 48.6. The van der Waals surface area contributed by atoms with E-state index in [-0.39, 0.29) is 18.4 Å². The fraction of sp³-hybridized carbons (Fsp3) is 1.00. The molecule has 2 saturated heterocycles. The summed E-state index contributed by atoms with van der Waals surface area (Å²) in [6.07, 6.45) is -0.128. The third kappa shape index (κ3) is 1.29. The molecule has 2 unspecified atom stereocenters. The van der Waals surface area contributed by atoms with E-state index in [9.17, 15) is 0 Å². The minimum absolute atomic E-state index is 0.168. The summed E-state index contributed by atoms with van der Waals surface area (Å²) in [5.74, 6) is 0.733. The minimum Gasteiger partial charge on any atom is -0.349 e. The summed E-state index contributed by atoms with van der Waals surface area (Å²) >= 11 is 0. The van der Waals surface area contributed by atoms with Gasteiger partial charge in [0.2, 0.25) is 0 Å². The third-order valence-electron chi connectivity index (χ3n) is 3.15. The zero-order valence-electron chi connectivity index (χ0n) is 7.75. The van der Waals surface area contributed by atoms with Crippen molar-refractivity contribution in [2.24, 2.45) is 17.0 Å². The highest BCUT2D eigenvalue weighted by Gasteiger charge is 2.46. The summed E-state index contributed by atoms with van der Waals surface area (Å²) in [6.45, 7) is 4.83. The van der Waals surface area contributed by atoms with Crippen LogP contribution >= 0.6 is 0 Å². The largest absolute Gasteiger partial charge is 0.349 e. The second-order valence-electron chi connectivity index (χ2n) is 3.79. The van der Waals surface area contributed by atoms with E-state index >= 15 is 0 Å². The first-order valence-electron chi connectivity index (χ1n) is 4.55. The number of ether oxygens (including phenoxy) is 2. The molecule has 2 fully saturated rings. The number of fused-ring (bicyclic) bond motifs is 2. The molecule has 13 heavy (non-hydrogen) atoms. The average molecular weight is 183 g/mol. The molecule has 5 atom stereocenters. The van der Waals surface area contributed by atoms with Gasteiger partial charge in [-0.05, 0) is 17.4 Å². The van der Waals surface area contributed by atoms with E-state index in [1.165, 1.54) is 0 Å². The highest BCUT2D eigenvalue weighted by atomic mass is 16.7. The second-order valence-corrected chi connectivity index (χ2v) is 3.79. The first-order chi connectivity index (χ1) is 6.24. The number of rotatable bonds is 1. The van der Waals surface area contributed by atoms with Crippen LogP contribution in [0.5, 0.6) is 0 Å². The van der Waals surface area contributed by atoms with Crippen LogP contribution in [0.3, 0.4) is 0 Å². The minimum atomic E-state index is -0.313. The molecule has 2 aliphatic rings. The molecule has 2 rings (SSSR count). The lowest BCUT2D eigenvalue weighted by molar-refractivity contribution is -0.127. The molecule has 0 aromatic carbocycles. The molecule has 0 aliphatic carbocycles. The highest BCUT2D eigenvalue weighted by molar-refractivity contribution is 4.92. The van der Waals surface area contributed by atoms with Crippen LogP contribution < -0.4 is 0 Å². The van der Waals surface area contributed by atoms with E-state index in [1.807, 2.05) is 0 Å². The number of hydrogen-bond acceptors (Lipinski definition) is 3. The van der Waals surface area contributed by atoms with Crippen LogP contribution in [0, 0.1) is 11.8 Å². The maximum atomic E-state index is 8.40. The van der Waals surface area contributed by atoms with Gasteiger partial charge in [0.05, 0.1) is 18.8 Å². The lowest BCUT2D eigenvalue weighted by Gasteiger charge is -2.35. The van der Waals surface area contributed by atoms with Gasteiger partial charge in [0.1, 0.15) is 0 Å². The van der Waals surface area contributed by atoms with E-state index in [2.05, 4.69) is 23.9 Å². The number of hydrogen-bond donors (Lipinski definition) is 0. The molecule has 0 amide bonds. The van der Waals surface area contributed by atoms with Gasteiger partial charge in [-0.1, -0.05) is 19.0 Å². The van der Waals surface area contributed by atoms with Gasteiger partial charge in [0.15, 0.2) is 6.29 Å². The van der Waals surface area contributed by atoms with Gasteiger partial charge in [-0.3, -0.25) is 0 Å². The van der Waals surface area contributed by atoms with Crippen molar-refractivity contribution in [2.75, 3.05) is 6.61 Å². The van der Waals surface area contributed by atoms with E-state index in [0.717, 1.165) is 0 Å². The molecule has 2 aliphatic heterocycles. The van der Waals surface area contributed by atoms with Crippen molar-refractivity contribution in [3.63, 3.8) is 0 Å². The fourth-order valence-corrected chi connectivity index (χ4v) is 2.01. The smallest absolute Gasteiger partial charge is 0.166 e. The van der Waals surface area contributed by atoms with Crippen LogP contribution in [-0.4, -0.2) is 25.0 Å². The fourth-order valence-electron chi connectivity index (χ4n) is 2.01. The molecule has 0 aromatic heterocycles. The maximum Gasteiger partial charge on any atom is 0.166 e. The van der Waals surface area contributed by atoms with E-state index in [0.29, 0.717) is 18.4 Å². The van der Waals surface area contributed by atoms with Crippen molar-refractivity contribution in [2.45, 2.75) is 32.3 Å². The lowest BCUT2D eigenvalue weighted by Crippen LogP contribution is -2.43. The Labute approximate surface area is 76.6 Å². The van der Waals surface area contributed by atoms with Crippen LogP contribution in [0.25, 0.3) is 10.4 Å². The molecule has 72 valence electrons. The van der Waals surface area contributed by atoms with Gasteiger partial charge in [0, 0.05) is 4.91 Å². The molecule has 5 nitrogen and oxygen atoms in total. The predicted molar refractivity (Wildman–Crippen MR) is 45.9 cm³/mol. The van der Waals surface area contributed by atoms with Gasteiger partial charge < -0.3 is 9.47 Å². The zero-order chi connectivity index (χ0) is 9.42. The van der Waals surface area contributed by atoms with E-state index in [1.54, 1.807) is 0 Å². The van der Waals surface area contributed by atoms with Crippen molar-refractivity contribution in [3.05, 3.63) is 10.4 Å². The summed E-state index contributed by atoms with van der Waals surface area (Å²) in [5.41, 5.74) is 8.40. The Balaban J connectivity index is 2.21. The lowest BCUT2D eigenvalue weighted by atomic mass is 9.84. The monoisotopic (exact) mass is 183 g/mol. The summed E-state index contributed by atoms with van der Waals surface area (Å²) in [5, 5.41) is 3.72. The molecule has 2 bridgehead atoms. The van der Waals surface area contributed by atoms with Crippen molar-refractivity contribution >= 4 is 0 Å². The van der Waals surface area contributed by atoms with Gasteiger partial charge in [0.25, 0.3) is 0 Å². The summed E-state index contributed by atoms with van der Waals surface area (Å²) in [6, 6.07) is -0.168. The Hall–Kier alpha value is -0.770. The van der Waals surface area contributed by atoms with Crippen molar-refractivity contribution < 1.29 is 9.47 Å². The Kier molecular flexibility index (Phi) is 2.15. The first-order valence-corrected chi connectivity index (χ1v) is 4.55. The maximum absolute atomic E-state index is 8.40. The number of azide groups is 1. The Bertz CT molecular complexity index is 252. The predicted octanol–water partition coefficient (Wildman–Crippen LogP) is 1.69. The molecular formula is C8H13N3O2. The summed E-state index contributed by atoms with van der Waals surface area (Å²) in [4.78, 5) is 2.83. The molecule has 0 radical (unpaired) electrons. The molecule has 0 spiro atoms. The molecule has 0 saturated carbocycles. The first kappa shape index (κ1) is 8.81. The van der Waals surface area contributed by atoms with Crippen molar-refractivity contribution in [1.82, 2.24) is 0 Å². The zero-order valence-corrected chi connectivity index (χ0v) is 7.75. The second kappa shape index (κ2) is 3.18. The van der Waals surface area contributed by atoms with Crippen molar-refractivity contribution in [1.29, 1.82) is 0 Å². The molecule has 0 aromatic rings. The Morgan fingerprint density at radius 3 is 2.85 bits per heavy atom. The van der Waals surface area contributed by atoms with Crippen LogP contribution in [0.1, 0.15) is 13.8 Å². The Morgan fingerprint density at radius 2 is 2.15 bits per heavy atom. The highest BCUT2D eigenvalue weighted by Crippen LogP contribution is 2.37. The SMILES string of the molecule is CC1[C@H](C)C2CO[C@H](O2)[C@H]1N=[N+]=[N-]. The van der Waals surface area contributed by atoms with Crippen LogP contribution in [0.15, 0.2) is 5.11 Å². The molecule has 5 heteroatoms. The Morgan fingerprint density at radius 1 is 1.38 bits per heavy atom. The van der Waals surface area contributed by atoms with E-state index in [4.69, 9.17) is 15.0 Å². The van der Waals surface area contributed by atoms with Gasteiger partial charge in [-0.2, -0.15) is 0 Å². The third-order valence-corrected chi connectivity index (χ3v) is 3.15. The van der Waals surface area contributed by atoms with Gasteiger partial charge >= 0.3 is 0 Å². The molecular weight excluding hydrogens is 170 g/mol. The average Bonchev–Trinajstić information content (AvgIpc) is 2.56. The van der Waals surface area contributed by atoms with Crippen molar-refractivity contribution in [3.8, 4) is 0 Å².